The van der Waals surface area contributed by atoms with Crippen LogP contribution in [-0.4, -0.2) is 29.9 Å². The molecule has 0 spiro atoms. The zero-order valence-electron chi connectivity index (χ0n) is 11.8. The molecule has 0 radical (unpaired) electrons. The fraction of sp³-hybridized carbons (Fsp3) is 0.846. The molecule has 0 aliphatic carbocycles. The summed E-state index contributed by atoms with van der Waals surface area (Å²) < 4.78 is 4.86. The molecule has 0 aliphatic heterocycles. The van der Waals surface area contributed by atoms with Gasteiger partial charge < -0.3 is 9.84 Å². The second kappa shape index (κ2) is 11.8. The van der Waals surface area contributed by atoms with E-state index in [1.165, 1.54) is 0 Å². The molecule has 19 heavy (non-hydrogen) atoms. The molecule has 0 rings (SSSR count). The molecule has 2 N–H and O–H groups in total. The van der Waals surface area contributed by atoms with Crippen LogP contribution in [0.25, 0.3) is 0 Å². The summed E-state index contributed by atoms with van der Waals surface area (Å²) in [6, 6.07) is 0. The fourth-order valence-electron chi connectivity index (χ4n) is 1.46. The normalized spacial score (nSPS) is 11.9. The summed E-state index contributed by atoms with van der Waals surface area (Å²) in [5.74, 6) is -1.09. The SMILES string of the molecule is CCCCCCOC(=O)NO[C@@H](CCCC)C(=O)O. The van der Waals surface area contributed by atoms with Crippen LogP contribution in [0.5, 0.6) is 0 Å². The molecule has 0 saturated carbocycles. The Hall–Kier alpha value is -1.30. The molecular weight excluding hydrogens is 250 g/mol. The minimum atomic E-state index is -1.09. The Morgan fingerprint density at radius 1 is 1.11 bits per heavy atom. The van der Waals surface area contributed by atoms with Crippen LogP contribution in [0.2, 0.25) is 0 Å². The van der Waals surface area contributed by atoms with Crippen LogP contribution < -0.4 is 5.48 Å². The smallest absolute Gasteiger partial charge is 0.431 e. The third-order valence-corrected chi connectivity index (χ3v) is 2.61. The topological polar surface area (TPSA) is 84.9 Å². The van der Waals surface area contributed by atoms with Crippen LogP contribution in [0.3, 0.4) is 0 Å². The molecule has 6 heteroatoms. The largest absolute Gasteiger partial charge is 0.479 e. The molecule has 0 saturated heterocycles. The summed E-state index contributed by atoms with van der Waals surface area (Å²) in [4.78, 5) is 26.9. The molecule has 0 aromatic heterocycles. The van der Waals surface area contributed by atoms with Crippen molar-refractivity contribution in [3.05, 3.63) is 0 Å². The van der Waals surface area contributed by atoms with Gasteiger partial charge in [-0.05, 0) is 12.8 Å². The van der Waals surface area contributed by atoms with E-state index in [4.69, 9.17) is 14.7 Å². The molecular formula is C13H25NO5. The van der Waals surface area contributed by atoms with E-state index < -0.39 is 18.2 Å². The number of ether oxygens (including phenoxy) is 1. The van der Waals surface area contributed by atoms with Crippen molar-refractivity contribution in [3.63, 3.8) is 0 Å². The second-order valence-corrected chi connectivity index (χ2v) is 4.39. The first-order valence-corrected chi connectivity index (χ1v) is 6.93. The molecule has 0 unspecified atom stereocenters. The number of carboxylic acids is 1. The minimum Gasteiger partial charge on any atom is -0.479 e. The predicted molar refractivity (Wildman–Crippen MR) is 70.7 cm³/mol. The molecule has 0 bridgehead atoms. The number of hydrogen-bond acceptors (Lipinski definition) is 4. The second-order valence-electron chi connectivity index (χ2n) is 4.39. The first kappa shape index (κ1) is 17.7. The number of rotatable bonds is 11. The van der Waals surface area contributed by atoms with Crippen molar-refractivity contribution in [2.75, 3.05) is 6.61 Å². The van der Waals surface area contributed by atoms with Crippen molar-refractivity contribution in [2.45, 2.75) is 64.9 Å². The monoisotopic (exact) mass is 275 g/mol. The number of hydroxylamine groups is 1. The van der Waals surface area contributed by atoms with Gasteiger partial charge in [-0.15, -0.1) is 0 Å². The van der Waals surface area contributed by atoms with Gasteiger partial charge in [-0.3, -0.25) is 4.84 Å². The highest BCUT2D eigenvalue weighted by Gasteiger charge is 2.19. The fourth-order valence-corrected chi connectivity index (χ4v) is 1.46. The maximum absolute atomic E-state index is 11.2. The van der Waals surface area contributed by atoms with Gasteiger partial charge in [0.15, 0.2) is 6.10 Å². The van der Waals surface area contributed by atoms with Gasteiger partial charge in [-0.2, -0.15) is 5.48 Å². The molecule has 0 heterocycles. The zero-order valence-corrected chi connectivity index (χ0v) is 11.8. The Morgan fingerprint density at radius 3 is 2.37 bits per heavy atom. The summed E-state index contributed by atoms with van der Waals surface area (Å²) in [6.45, 7) is 4.38. The molecule has 0 aromatic carbocycles. The number of aliphatic carboxylic acids is 1. The van der Waals surface area contributed by atoms with Crippen molar-refractivity contribution in [3.8, 4) is 0 Å². The highest BCUT2D eigenvalue weighted by Crippen LogP contribution is 2.04. The standard InChI is InChI=1S/C13H25NO5/c1-3-5-7-8-10-18-13(17)14-19-11(12(15)16)9-6-4-2/h11H,3-10H2,1-2H3,(H,14,17)(H,15,16)/t11-/m0/s1. The maximum Gasteiger partial charge on any atom is 0.431 e. The molecule has 0 fully saturated rings. The Kier molecular flexibility index (Phi) is 11.0. The lowest BCUT2D eigenvalue weighted by molar-refractivity contribution is -0.155. The maximum atomic E-state index is 11.2. The lowest BCUT2D eigenvalue weighted by Gasteiger charge is -2.13. The summed E-state index contributed by atoms with van der Waals surface area (Å²) in [6.07, 6.45) is 4.25. The Bertz CT molecular complexity index is 257. The van der Waals surface area contributed by atoms with Gasteiger partial charge in [-0.25, -0.2) is 9.59 Å². The average Bonchev–Trinajstić information content (AvgIpc) is 2.38. The number of carbonyl (C=O) groups excluding carboxylic acids is 1. The van der Waals surface area contributed by atoms with Crippen molar-refractivity contribution >= 4 is 12.1 Å². The van der Waals surface area contributed by atoms with Crippen molar-refractivity contribution < 1.29 is 24.3 Å². The van der Waals surface area contributed by atoms with E-state index in [2.05, 4.69) is 6.92 Å². The minimum absolute atomic E-state index is 0.321. The average molecular weight is 275 g/mol. The molecule has 1 atom stereocenters. The Morgan fingerprint density at radius 2 is 1.79 bits per heavy atom. The third kappa shape index (κ3) is 10.3. The summed E-state index contributed by atoms with van der Waals surface area (Å²) in [5, 5.41) is 8.87. The van der Waals surface area contributed by atoms with E-state index in [0.29, 0.717) is 13.0 Å². The van der Waals surface area contributed by atoms with Gasteiger partial charge in [0.05, 0.1) is 6.61 Å². The summed E-state index contributed by atoms with van der Waals surface area (Å²) >= 11 is 0. The summed E-state index contributed by atoms with van der Waals surface area (Å²) in [5.41, 5.74) is 2.02. The molecule has 112 valence electrons. The molecule has 0 aliphatic rings. The first-order chi connectivity index (χ1) is 9.11. The van der Waals surface area contributed by atoms with Gasteiger partial charge in [0, 0.05) is 0 Å². The van der Waals surface area contributed by atoms with Crippen LogP contribution in [0.4, 0.5) is 4.79 Å². The van der Waals surface area contributed by atoms with E-state index >= 15 is 0 Å². The Balaban J connectivity index is 3.70. The third-order valence-electron chi connectivity index (χ3n) is 2.61. The van der Waals surface area contributed by atoms with E-state index in [9.17, 15) is 9.59 Å². The van der Waals surface area contributed by atoms with E-state index in [0.717, 1.165) is 38.5 Å². The lowest BCUT2D eigenvalue weighted by Crippen LogP contribution is -2.34. The van der Waals surface area contributed by atoms with Crippen molar-refractivity contribution in [1.29, 1.82) is 0 Å². The number of carbonyl (C=O) groups is 2. The number of hydrogen-bond donors (Lipinski definition) is 2. The van der Waals surface area contributed by atoms with Crippen LogP contribution in [0.15, 0.2) is 0 Å². The van der Waals surface area contributed by atoms with E-state index in [-0.39, 0.29) is 0 Å². The van der Waals surface area contributed by atoms with Crippen LogP contribution >= 0.6 is 0 Å². The predicted octanol–water partition coefficient (Wildman–Crippen LogP) is 2.87. The molecule has 0 aromatic rings. The van der Waals surface area contributed by atoms with Crippen LogP contribution in [0, 0.1) is 0 Å². The number of amides is 1. The summed E-state index contributed by atoms with van der Waals surface area (Å²) in [7, 11) is 0. The van der Waals surface area contributed by atoms with Gasteiger partial charge in [0.2, 0.25) is 0 Å². The van der Waals surface area contributed by atoms with E-state index in [1.54, 1.807) is 0 Å². The van der Waals surface area contributed by atoms with E-state index in [1.807, 2.05) is 12.4 Å². The van der Waals surface area contributed by atoms with Gasteiger partial charge in [0.25, 0.3) is 0 Å². The van der Waals surface area contributed by atoms with Gasteiger partial charge >= 0.3 is 12.1 Å². The molecule has 1 amide bonds. The zero-order chi connectivity index (χ0) is 14.5. The van der Waals surface area contributed by atoms with Gasteiger partial charge in [0.1, 0.15) is 0 Å². The first-order valence-electron chi connectivity index (χ1n) is 6.93. The Labute approximate surface area is 114 Å². The van der Waals surface area contributed by atoms with Crippen molar-refractivity contribution in [1.82, 2.24) is 5.48 Å². The number of unbranched alkanes of at least 4 members (excludes halogenated alkanes) is 4. The quantitative estimate of drug-likeness (QED) is 0.447. The lowest BCUT2D eigenvalue weighted by atomic mass is 10.2. The van der Waals surface area contributed by atoms with Crippen LogP contribution in [0.1, 0.15) is 58.8 Å². The van der Waals surface area contributed by atoms with Crippen molar-refractivity contribution in [2.24, 2.45) is 0 Å². The molecule has 6 nitrogen and oxygen atoms in total. The highest BCUT2D eigenvalue weighted by atomic mass is 16.7. The van der Waals surface area contributed by atoms with Crippen LogP contribution in [-0.2, 0) is 14.4 Å². The number of carboxylic acid groups (broad SMARTS) is 1. The van der Waals surface area contributed by atoms with Gasteiger partial charge in [-0.1, -0.05) is 46.0 Å². The highest BCUT2D eigenvalue weighted by molar-refractivity contribution is 5.72. The number of nitrogens with one attached hydrogen (secondary N) is 1.